The highest BCUT2D eigenvalue weighted by atomic mass is 19.3. The summed E-state index contributed by atoms with van der Waals surface area (Å²) in [7, 11) is 0. The van der Waals surface area contributed by atoms with E-state index in [9.17, 15) is 19.0 Å². The number of hydrogen-bond acceptors (Lipinski definition) is 4. The van der Waals surface area contributed by atoms with Crippen molar-refractivity contribution in [1.82, 2.24) is 4.90 Å². The largest absolute Gasteiger partial charge is 0.393 e. The third kappa shape index (κ3) is 6.06. The number of ether oxygens (including phenoxy) is 1. The summed E-state index contributed by atoms with van der Waals surface area (Å²) in [5.74, 6) is 2.02. The lowest BCUT2D eigenvalue weighted by Gasteiger charge is -2.45. The molecule has 0 radical (unpaired) electrons. The minimum atomic E-state index is -2.37. The van der Waals surface area contributed by atoms with Crippen LogP contribution in [0.5, 0.6) is 0 Å². The first kappa shape index (κ1) is 25.3. The Balaban J connectivity index is 1.30. The molecule has 6 heteroatoms. The summed E-state index contributed by atoms with van der Waals surface area (Å²) in [5.41, 5.74) is 3.10. The van der Waals surface area contributed by atoms with Gasteiger partial charge in [0.15, 0.2) is 0 Å². The molecule has 1 aliphatic heterocycles. The SMILES string of the molecule is CC(CCN1CC(OCC(F)F)C1)[C@H]1CC[C@H]2C(=CC=C3C[C@@H](O)C[C@H](O)C3)CCC[C@]12C. The lowest BCUT2D eigenvalue weighted by atomic mass is 9.61. The number of aliphatic hydroxyl groups excluding tert-OH is 2. The van der Waals surface area contributed by atoms with Gasteiger partial charge in [0.05, 0.1) is 18.3 Å². The highest BCUT2D eigenvalue weighted by molar-refractivity contribution is 5.26. The number of aliphatic hydroxyl groups is 2. The van der Waals surface area contributed by atoms with Gasteiger partial charge in [0.1, 0.15) is 6.61 Å². The van der Waals surface area contributed by atoms with Gasteiger partial charge in [-0.3, -0.25) is 4.90 Å². The van der Waals surface area contributed by atoms with Gasteiger partial charge < -0.3 is 14.9 Å². The molecule has 4 fully saturated rings. The fourth-order valence-electron chi connectivity index (χ4n) is 7.35. The third-order valence-electron chi connectivity index (χ3n) is 9.08. The number of likely N-dealkylation sites (tertiary alicyclic amines) is 1. The molecule has 188 valence electrons. The maximum Gasteiger partial charge on any atom is 0.261 e. The van der Waals surface area contributed by atoms with Crippen LogP contribution >= 0.6 is 0 Å². The zero-order valence-corrected chi connectivity index (χ0v) is 20.4. The van der Waals surface area contributed by atoms with Crippen LogP contribution in [0.15, 0.2) is 23.3 Å². The van der Waals surface area contributed by atoms with Crippen molar-refractivity contribution >= 4 is 0 Å². The Hall–Kier alpha value is -0.820. The molecular weight excluding hydrogens is 424 g/mol. The van der Waals surface area contributed by atoms with Crippen molar-refractivity contribution in [3.63, 3.8) is 0 Å². The van der Waals surface area contributed by atoms with Crippen molar-refractivity contribution in [3.8, 4) is 0 Å². The van der Waals surface area contributed by atoms with Gasteiger partial charge in [-0.1, -0.05) is 37.1 Å². The molecule has 33 heavy (non-hydrogen) atoms. The van der Waals surface area contributed by atoms with E-state index in [0.29, 0.717) is 36.5 Å². The zero-order valence-electron chi connectivity index (χ0n) is 20.4. The Morgan fingerprint density at radius 3 is 2.58 bits per heavy atom. The lowest BCUT2D eigenvalue weighted by molar-refractivity contribution is -0.0895. The van der Waals surface area contributed by atoms with Crippen LogP contribution in [0.4, 0.5) is 8.78 Å². The van der Waals surface area contributed by atoms with E-state index in [1.165, 1.54) is 37.7 Å². The molecule has 0 bridgehead atoms. The molecule has 6 atom stereocenters. The molecule has 4 aliphatic rings. The van der Waals surface area contributed by atoms with Gasteiger partial charge in [-0.25, -0.2) is 8.78 Å². The highest BCUT2D eigenvalue weighted by Gasteiger charge is 2.50. The predicted molar refractivity (Wildman–Crippen MR) is 126 cm³/mol. The molecule has 0 amide bonds. The maximum absolute atomic E-state index is 12.3. The van der Waals surface area contributed by atoms with Crippen LogP contribution in [0.3, 0.4) is 0 Å². The van der Waals surface area contributed by atoms with Crippen molar-refractivity contribution in [1.29, 1.82) is 0 Å². The summed E-state index contributed by atoms with van der Waals surface area (Å²) >= 11 is 0. The molecule has 0 aromatic heterocycles. The van der Waals surface area contributed by atoms with Gasteiger partial charge in [-0.15, -0.1) is 0 Å². The van der Waals surface area contributed by atoms with Crippen LogP contribution in [-0.2, 0) is 4.74 Å². The quantitative estimate of drug-likeness (QED) is 0.530. The van der Waals surface area contributed by atoms with Gasteiger partial charge in [-0.05, 0) is 87.5 Å². The zero-order chi connectivity index (χ0) is 23.6. The molecule has 0 spiro atoms. The number of rotatable bonds is 8. The smallest absolute Gasteiger partial charge is 0.261 e. The summed E-state index contributed by atoms with van der Waals surface area (Å²) in [6.45, 7) is 7.09. The van der Waals surface area contributed by atoms with E-state index in [4.69, 9.17) is 4.74 Å². The Morgan fingerprint density at radius 1 is 1.15 bits per heavy atom. The number of fused-ring (bicyclic) bond motifs is 1. The third-order valence-corrected chi connectivity index (χ3v) is 9.08. The van der Waals surface area contributed by atoms with E-state index in [1.807, 2.05) is 0 Å². The van der Waals surface area contributed by atoms with Crippen molar-refractivity contribution in [2.75, 3.05) is 26.2 Å². The van der Waals surface area contributed by atoms with Crippen molar-refractivity contribution in [2.24, 2.45) is 23.2 Å². The first-order chi connectivity index (χ1) is 15.7. The van der Waals surface area contributed by atoms with Crippen molar-refractivity contribution in [2.45, 2.75) is 96.4 Å². The van der Waals surface area contributed by atoms with Crippen molar-refractivity contribution in [3.05, 3.63) is 23.3 Å². The summed E-state index contributed by atoms with van der Waals surface area (Å²) in [4.78, 5) is 2.34. The fourth-order valence-corrected chi connectivity index (χ4v) is 7.35. The maximum atomic E-state index is 12.3. The van der Waals surface area contributed by atoms with Crippen LogP contribution in [0, 0.1) is 23.2 Å². The lowest BCUT2D eigenvalue weighted by Crippen LogP contribution is -2.53. The van der Waals surface area contributed by atoms with Gasteiger partial charge in [0.2, 0.25) is 0 Å². The van der Waals surface area contributed by atoms with E-state index < -0.39 is 25.2 Å². The second kappa shape index (κ2) is 10.8. The number of alkyl halides is 2. The average Bonchev–Trinajstić information content (AvgIpc) is 3.07. The van der Waals surface area contributed by atoms with E-state index >= 15 is 0 Å². The Kier molecular flexibility index (Phi) is 8.31. The second-order valence-corrected chi connectivity index (χ2v) is 11.5. The molecule has 2 N–H and O–H groups in total. The number of nitrogens with zero attached hydrogens (tertiary/aromatic N) is 1. The molecule has 1 heterocycles. The normalized spacial score (nSPS) is 37.9. The van der Waals surface area contributed by atoms with Gasteiger partial charge in [0.25, 0.3) is 6.43 Å². The molecule has 4 rings (SSSR count). The van der Waals surface area contributed by atoms with Crippen molar-refractivity contribution < 1.29 is 23.7 Å². The average molecular weight is 468 g/mol. The van der Waals surface area contributed by atoms with Crippen LogP contribution in [0.1, 0.15) is 71.6 Å². The number of halogens is 2. The molecule has 4 nitrogen and oxygen atoms in total. The second-order valence-electron chi connectivity index (χ2n) is 11.5. The Bertz CT molecular complexity index is 708. The monoisotopic (exact) mass is 467 g/mol. The topological polar surface area (TPSA) is 52.9 Å². The summed E-state index contributed by atoms with van der Waals surface area (Å²) < 4.78 is 29.8. The van der Waals surface area contributed by atoms with Gasteiger partial charge in [0, 0.05) is 13.1 Å². The molecule has 0 aromatic carbocycles. The summed E-state index contributed by atoms with van der Waals surface area (Å²) in [5, 5.41) is 20.0. The van der Waals surface area contributed by atoms with E-state index in [1.54, 1.807) is 5.57 Å². The first-order valence-corrected chi connectivity index (χ1v) is 13.1. The highest BCUT2D eigenvalue weighted by Crippen LogP contribution is 2.59. The minimum Gasteiger partial charge on any atom is -0.393 e. The molecular formula is C27H43F2NO3. The fraction of sp³-hybridized carbons (Fsp3) is 0.852. The Labute approximate surface area is 198 Å². The Morgan fingerprint density at radius 2 is 1.88 bits per heavy atom. The van der Waals surface area contributed by atoms with E-state index in [0.717, 1.165) is 32.0 Å². The molecule has 1 saturated heterocycles. The first-order valence-electron chi connectivity index (χ1n) is 13.1. The number of allylic oxidation sites excluding steroid dienone is 3. The van der Waals surface area contributed by atoms with E-state index in [-0.39, 0.29) is 6.10 Å². The molecule has 1 unspecified atom stereocenters. The van der Waals surface area contributed by atoms with Crippen LogP contribution in [-0.4, -0.2) is 66.1 Å². The van der Waals surface area contributed by atoms with Gasteiger partial charge in [-0.2, -0.15) is 0 Å². The standard InChI is InChI=1S/C27H43F2NO3/c1-18(9-11-30-15-23(16-30)33-17-26(28)29)24-7-8-25-20(4-3-10-27(24,25)2)6-5-19-12-21(31)14-22(32)13-19/h5-6,18,21-26,31-32H,3-4,7-17H2,1-2H3/t18?,21-,22-,24-,25+,27-/m1/s1. The summed E-state index contributed by atoms with van der Waals surface area (Å²) in [6.07, 6.45) is 10.6. The molecule has 0 aromatic rings. The predicted octanol–water partition coefficient (Wildman–Crippen LogP) is 4.95. The van der Waals surface area contributed by atoms with Crippen LogP contribution < -0.4 is 0 Å². The molecule has 3 aliphatic carbocycles. The summed E-state index contributed by atoms with van der Waals surface area (Å²) in [6, 6.07) is 0. The van der Waals surface area contributed by atoms with Gasteiger partial charge >= 0.3 is 0 Å². The molecule has 3 saturated carbocycles. The number of hydrogen-bond donors (Lipinski definition) is 2. The van der Waals surface area contributed by atoms with Crippen LogP contribution in [0.25, 0.3) is 0 Å². The van der Waals surface area contributed by atoms with Crippen LogP contribution in [0.2, 0.25) is 0 Å². The van der Waals surface area contributed by atoms with E-state index in [2.05, 4.69) is 30.9 Å². The minimum absolute atomic E-state index is 0.0192.